The van der Waals surface area contributed by atoms with Crippen molar-refractivity contribution in [3.05, 3.63) is 131 Å². The van der Waals surface area contributed by atoms with Crippen molar-refractivity contribution in [2.75, 3.05) is 33.0 Å². The molecule has 0 amide bonds. The lowest BCUT2D eigenvalue weighted by Gasteiger charge is -2.17. The van der Waals surface area contributed by atoms with Crippen molar-refractivity contribution in [3.8, 4) is 39.0 Å². The number of carboxylic acid groups (broad SMARTS) is 1. The summed E-state index contributed by atoms with van der Waals surface area (Å²) in [6, 6.07) is 19.3. The topological polar surface area (TPSA) is 169 Å². The van der Waals surface area contributed by atoms with Crippen molar-refractivity contribution in [2.45, 2.75) is 326 Å². The first kappa shape index (κ1) is 109. The largest absolute Gasteiger partial charge is 0.478 e. The Hall–Kier alpha value is -3.66. The first-order valence-electron chi connectivity index (χ1n) is 45.7. The van der Waals surface area contributed by atoms with Gasteiger partial charge in [0.1, 0.15) is 0 Å². The fraction of sp³-hybridized carbons (Fsp3) is 0.612. The summed E-state index contributed by atoms with van der Waals surface area (Å²) in [7, 11) is 0. The summed E-state index contributed by atoms with van der Waals surface area (Å²) in [5.74, 6) is -0.00423. The highest BCUT2D eigenvalue weighted by Crippen LogP contribution is 2.48. The van der Waals surface area contributed by atoms with E-state index >= 15 is 0 Å². The minimum absolute atomic E-state index is 0.196. The molecule has 0 spiro atoms. The van der Waals surface area contributed by atoms with Crippen LogP contribution in [0.5, 0.6) is 0 Å². The Morgan fingerprint density at radius 3 is 0.754 bits per heavy atom. The summed E-state index contributed by atoms with van der Waals surface area (Å²) in [5.41, 5.74) is 3.31. The molecular weight excluding hydrogens is 1950 g/mol. The molecule has 8 aromatic rings. The second kappa shape index (κ2) is 65.8. The second-order valence-electron chi connectivity index (χ2n) is 32.1. The highest BCUT2D eigenvalue weighted by atomic mass is 79.9. The number of unbranched alkanes of at least 4 members (excludes halogenated alkanes) is 20. The van der Waals surface area contributed by atoms with Gasteiger partial charge in [0, 0.05) is 29.3 Å². The molecule has 0 aliphatic carbocycles. The number of hydrogen-bond donors (Lipinski definition) is 1. The van der Waals surface area contributed by atoms with Crippen LogP contribution in [0.2, 0.25) is 0 Å². The van der Waals surface area contributed by atoms with Crippen LogP contribution in [0.3, 0.4) is 0 Å². The number of carbonyl (C=O) groups is 6. The molecule has 122 heavy (non-hydrogen) atoms. The number of thiophene rings is 8. The highest BCUT2D eigenvalue weighted by Gasteiger charge is 2.29. The van der Waals surface area contributed by atoms with Crippen LogP contribution in [0, 0.1) is 29.6 Å². The average molecular weight is 2090 g/mol. The van der Waals surface area contributed by atoms with Crippen LogP contribution in [-0.2, 0) is 23.7 Å². The van der Waals surface area contributed by atoms with E-state index in [1.54, 1.807) is 56.8 Å². The quantitative estimate of drug-likeness (QED) is 0.0218. The zero-order valence-electron chi connectivity index (χ0n) is 74.5. The van der Waals surface area contributed by atoms with Gasteiger partial charge in [0.25, 0.3) is 0 Å². The van der Waals surface area contributed by atoms with E-state index in [2.05, 4.69) is 145 Å². The lowest BCUT2D eigenvalue weighted by molar-refractivity contribution is 0.0413. The van der Waals surface area contributed by atoms with E-state index in [4.69, 9.17) is 28.8 Å². The normalized spacial score (nSPS) is 12.4. The molecule has 8 aromatic heterocycles. The van der Waals surface area contributed by atoms with E-state index in [0.717, 1.165) is 140 Å². The molecule has 0 saturated heterocycles. The van der Waals surface area contributed by atoms with E-state index in [1.807, 2.05) is 58.6 Å². The van der Waals surface area contributed by atoms with E-state index in [9.17, 15) is 28.8 Å². The SMILES string of the molecule is CCCCCCC(CCCC)COC(=O)c1cc(-c2cc(C(=O)OCC(CCCC)CCCCCC)c(-c3cccs3)s2)sc1-c1cccs1.CCCCCCC(CCCC)COC(=O)c1cc(-c2cc(C(=O)OCC(CCCC)CCCCCC)c(Br)s2)sc1Br.CCCCCCC(CCCC)COC(=O)c1ccsc1Br.O=C(O)c1ccsc1Br. The van der Waals surface area contributed by atoms with E-state index in [-0.39, 0.29) is 29.8 Å². The fourth-order valence-corrected chi connectivity index (χ4v) is 24.3. The molecule has 0 aliphatic rings. The first-order chi connectivity index (χ1) is 59.2. The van der Waals surface area contributed by atoms with Crippen LogP contribution in [0.4, 0.5) is 0 Å². The molecule has 24 heteroatoms. The van der Waals surface area contributed by atoms with Crippen molar-refractivity contribution in [3.63, 3.8) is 0 Å². The van der Waals surface area contributed by atoms with Gasteiger partial charge in [0.05, 0.1) is 91.3 Å². The monoisotopic (exact) mass is 2080 g/mol. The Kier molecular flexibility index (Phi) is 58.7. The third kappa shape index (κ3) is 41.4. The molecule has 1 N–H and O–H groups in total. The minimum Gasteiger partial charge on any atom is -0.478 e. The number of carbonyl (C=O) groups excluding carboxylic acids is 5. The molecule has 0 aliphatic heterocycles. The Morgan fingerprint density at radius 2 is 0.516 bits per heavy atom. The average Bonchev–Trinajstić information content (AvgIpc) is 1.63. The summed E-state index contributed by atoms with van der Waals surface area (Å²) < 4.78 is 32.4. The molecule has 680 valence electrons. The van der Waals surface area contributed by atoms with E-state index < -0.39 is 5.97 Å². The molecule has 8 rings (SSSR count). The Balaban J connectivity index is 0.000000328. The van der Waals surface area contributed by atoms with Crippen molar-refractivity contribution in [1.82, 2.24) is 0 Å². The maximum Gasteiger partial charge on any atom is 0.340 e. The highest BCUT2D eigenvalue weighted by molar-refractivity contribution is 9.11. The molecule has 0 bridgehead atoms. The van der Waals surface area contributed by atoms with Crippen LogP contribution in [0.1, 0.15) is 388 Å². The van der Waals surface area contributed by atoms with Gasteiger partial charge in [0.2, 0.25) is 0 Å². The van der Waals surface area contributed by atoms with Gasteiger partial charge in [-0.2, -0.15) is 0 Å². The van der Waals surface area contributed by atoms with Crippen LogP contribution in [0.15, 0.2) is 97.3 Å². The van der Waals surface area contributed by atoms with Gasteiger partial charge in [-0.3, -0.25) is 0 Å². The van der Waals surface area contributed by atoms with E-state index in [1.165, 1.54) is 212 Å². The van der Waals surface area contributed by atoms with Crippen LogP contribution >= 0.6 is 154 Å². The van der Waals surface area contributed by atoms with Gasteiger partial charge < -0.3 is 28.8 Å². The summed E-state index contributed by atoms with van der Waals surface area (Å²) in [6.45, 7) is 24.7. The van der Waals surface area contributed by atoms with Crippen LogP contribution < -0.4 is 0 Å². The molecule has 0 saturated carbocycles. The zero-order valence-corrected chi connectivity index (χ0v) is 87.4. The number of halogens is 4. The number of esters is 5. The summed E-state index contributed by atoms with van der Waals surface area (Å²) in [6.07, 6.45) is 47.7. The van der Waals surface area contributed by atoms with Gasteiger partial charge in [-0.1, -0.05) is 274 Å². The zero-order chi connectivity index (χ0) is 88.7. The molecule has 8 heterocycles. The number of rotatable bonds is 60. The minimum atomic E-state index is -0.886. The van der Waals surface area contributed by atoms with E-state index in [0.29, 0.717) is 99.8 Å². The molecule has 12 nitrogen and oxygen atoms in total. The molecule has 5 unspecified atom stereocenters. The van der Waals surface area contributed by atoms with Crippen molar-refractivity contribution < 1.29 is 57.6 Å². The number of ether oxygens (including phenoxy) is 5. The van der Waals surface area contributed by atoms with Crippen LogP contribution in [-0.4, -0.2) is 74.0 Å². The number of aromatic carboxylic acids is 1. The van der Waals surface area contributed by atoms with Gasteiger partial charge >= 0.3 is 35.8 Å². The predicted molar refractivity (Wildman–Crippen MR) is 539 cm³/mol. The molecule has 0 fully saturated rings. The Morgan fingerprint density at radius 1 is 0.270 bits per heavy atom. The first-order valence-corrected chi connectivity index (χ1v) is 55.7. The van der Waals surface area contributed by atoms with Crippen molar-refractivity contribution in [2.24, 2.45) is 29.6 Å². The van der Waals surface area contributed by atoms with Gasteiger partial charge in [-0.25, -0.2) is 28.8 Å². The lowest BCUT2D eigenvalue weighted by Crippen LogP contribution is -2.15. The van der Waals surface area contributed by atoms with Gasteiger partial charge in [0.15, 0.2) is 0 Å². The summed E-state index contributed by atoms with van der Waals surface area (Å²) in [4.78, 5) is 83.8. The standard InChI is InChI=1S/C42H58O4S4.C34H52Br2O4S2.C17H27BrO2S.C5H3BrO2S/c1-5-9-13-15-21-31(19-11-7-3)29-45-41(43)33-27-37(49-39(33)35-23-17-25-47-35)38-28-34(40(50-38)36-24-18-26-48-36)42(44)46-30-32(20-12-8-4)22-16-14-10-6-2;1-5-9-13-15-19-25(17-11-7-3)23-39-33(37)27-21-29(41-31(27)35)30-22-28(32(36)42-30)34(38)40-24-26(18-12-8-4)20-16-14-10-6-2;1-3-5-7-8-10-14(9-6-4-2)13-20-17(19)15-11-12-21-16(15)18;6-4-3(5(7)8)1-2-9-4/h17-18,23-28,31-32H,5-16,19-22,29-30H2,1-4H3;21-22,25-26H,5-20,23-24H2,1-4H3;11-12,14H,3-10,13H2,1-2H3;1-2H,(H,7,8). The Bertz CT molecular complexity index is 3930. The van der Waals surface area contributed by atoms with Gasteiger partial charge in [-0.05, 0) is 228 Å². The molecule has 0 aromatic carbocycles. The summed E-state index contributed by atoms with van der Waals surface area (Å²) in [5, 5.41) is 16.2. The third-order valence-corrected chi connectivity index (χ3v) is 33.6. The fourth-order valence-electron chi connectivity index (χ4n) is 14.3. The maximum atomic E-state index is 13.8. The molecule has 0 radical (unpaired) electrons. The van der Waals surface area contributed by atoms with Crippen LogP contribution in [0.25, 0.3) is 39.0 Å². The molecule has 5 atom stereocenters. The van der Waals surface area contributed by atoms with Crippen molar-refractivity contribution in [1.29, 1.82) is 0 Å². The maximum absolute atomic E-state index is 13.8. The Labute approximate surface area is 798 Å². The number of hydrogen-bond acceptors (Lipinski definition) is 19. The third-order valence-electron chi connectivity index (χ3n) is 21.8. The summed E-state index contributed by atoms with van der Waals surface area (Å²) >= 11 is 26.0. The smallest absolute Gasteiger partial charge is 0.340 e. The second-order valence-corrected chi connectivity index (χ2v) is 45.3. The number of carboxylic acids is 1. The molecular formula is C98H140Br4O12S8. The van der Waals surface area contributed by atoms with Gasteiger partial charge in [-0.15, -0.1) is 90.7 Å². The lowest BCUT2D eigenvalue weighted by atomic mass is 9.96. The van der Waals surface area contributed by atoms with Crippen molar-refractivity contribution >= 4 is 190 Å². The predicted octanol–water partition coefficient (Wildman–Crippen LogP) is 36.3.